The van der Waals surface area contributed by atoms with Gasteiger partial charge >= 0.3 is 6.03 Å². The Morgan fingerprint density at radius 2 is 2.38 bits per heavy atom. The molecule has 1 aromatic heterocycles. The summed E-state index contributed by atoms with van der Waals surface area (Å²) in [5.41, 5.74) is 0. The van der Waals surface area contributed by atoms with Gasteiger partial charge in [0, 0.05) is 44.0 Å². The lowest BCUT2D eigenvalue weighted by molar-refractivity contribution is -0.127. The van der Waals surface area contributed by atoms with Crippen molar-refractivity contribution in [3.63, 3.8) is 0 Å². The van der Waals surface area contributed by atoms with Gasteiger partial charge in [0.2, 0.25) is 5.91 Å². The average Bonchev–Trinajstić information content (AvgIpc) is 3.08. The van der Waals surface area contributed by atoms with E-state index in [0.29, 0.717) is 19.5 Å². The lowest BCUT2D eigenvalue weighted by atomic mass is 10.3. The highest BCUT2D eigenvalue weighted by Crippen LogP contribution is 2.11. The number of urea groups is 1. The molecule has 1 aromatic rings. The molecule has 1 fully saturated rings. The van der Waals surface area contributed by atoms with Gasteiger partial charge in [0.15, 0.2) is 0 Å². The Labute approximate surface area is 129 Å². The summed E-state index contributed by atoms with van der Waals surface area (Å²) < 4.78 is 0. The molecule has 6 heteroatoms. The van der Waals surface area contributed by atoms with E-state index in [9.17, 15) is 9.59 Å². The maximum absolute atomic E-state index is 12.1. The van der Waals surface area contributed by atoms with Crippen LogP contribution in [0.15, 0.2) is 17.5 Å². The van der Waals surface area contributed by atoms with Crippen LogP contribution in [-0.4, -0.2) is 54.5 Å². The van der Waals surface area contributed by atoms with Crippen LogP contribution in [0.5, 0.6) is 0 Å². The third-order valence-electron chi connectivity index (χ3n) is 3.66. The van der Waals surface area contributed by atoms with Crippen molar-refractivity contribution < 1.29 is 9.59 Å². The van der Waals surface area contributed by atoms with Gasteiger partial charge in [-0.15, -0.1) is 11.3 Å². The first-order valence-electron chi connectivity index (χ1n) is 7.38. The second kappa shape index (κ2) is 7.45. The van der Waals surface area contributed by atoms with Crippen LogP contribution in [0, 0.1) is 0 Å². The monoisotopic (exact) mass is 309 g/mol. The van der Waals surface area contributed by atoms with Gasteiger partial charge in [-0.3, -0.25) is 4.79 Å². The van der Waals surface area contributed by atoms with Gasteiger partial charge in [-0.1, -0.05) is 6.07 Å². The Balaban J connectivity index is 1.70. The van der Waals surface area contributed by atoms with Crippen LogP contribution in [0.4, 0.5) is 4.79 Å². The molecule has 21 heavy (non-hydrogen) atoms. The Kier molecular flexibility index (Phi) is 5.61. The van der Waals surface area contributed by atoms with Crippen molar-refractivity contribution in [1.29, 1.82) is 0 Å². The van der Waals surface area contributed by atoms with Gasteiger partial charge in [-0.25, -0.2) is 4.79 Å². The molecule has 0 aliphatic carbocycles. The van der Waals surface area contributed by atoms with Crippen molar-refractivity contribution in [2.45, 2.75) is 32.2 Å². The second-order valence-corrected chi connectivity index (χ2v) is 6.58. The van der Waals surface area contributed by atoms with Crippen molar-refractivity contribution in [3.8, 4) is 0 Å². The number of hydrogen-bond donors (Lipinski definition) is 1. The molecule has 1 aliphatic heterocycles. The first kappa shape index (κ1) is 15.8. The smallest absolute Gasteiger partial charge is 0.317 e. The summed E-state index contributed by atoms with van der Waals surface area (Å²) in [7, 11) is 1.80. The number of carbonyl (C=O) groups excluding carboxylic acids is 2. The van der Waals surface area contributed by atoms with Crippen molar-refractivity contribution in [2.24, 2.45) is 0 Å². The highest BCUT2D eigenvalue weighted by molar-refractivity contribution is 7.09. The number of nitrogens with zero attached hydrogens (tertiary/aromatic N) is 2. The van der Waals surface area contributed by atoms with E-state index in [4.69, 9.17) is 0 Å². The summed E-state index contributed by atoms with van der Waals surface area (Å²) >= 11 is 1.71. The summed E-state index contributed by atoms with van der Waals surface area (Å²) in [5.74, 6) is 0.196. The Morgan fingerprint density at radius 3 is 3.00 bits per heavy atom. The van der Waals surface area contributed by atoms with Crippen LogP contribution < -0.4 is 5.32 Å². The minimum Gasteiger partial charge on any atom is -0.341 e. The summed E-state index contributed by atoms with van der Waals surface area (Å²) in [6, 6.07) is 4.00. The van der Waals surface area contributed by atoms with E-state index in [0.717, 1.165) is 19.4 Å². The molecule has 0 bridgehead atoms. The van der Waals surface area contributed by atoms with Gasteiger partial charge < -0.3 is 15.1 Å². The van der Waals surface area contributed by atoms with Crippen LogP contribution in [-0.2, 0) is 11.2 Å². The maximum Gasteiger partial charge on any atom is 0.317 e. The average molecular weight is 309 g/mol. The Morgan fingerprint density at radius 1 is 1.57 bits per heavy atom. The topological polar surface area (TPSA) is 52.7 Å². The molecule has 3 amide bonds. The third-order valence-corrected chi connectivity index (χ3v) is 4.59. The number of likely N-dealkylation sites (tertiary alicyclic amines) is 1. The molecule has 1 atom stereocenters. The number of rotatable bonds is 6. The molecule has 1 unspecified atom stereocenters. The quantitative estimate of drug-likeness (QED) is 0.873. The number of amides is 3. The highest BCUT2D eigenvalue weighted by atomic mass is 32.1. The van der Waals surface area contributed by atoms with Gasteiger partial charge in [0.05, 0.1) is 0 Å². The van der Waals surface area contributed by atoms with Crippen LogP contribution >= 0.6 is 11.3 Å². The third kappa shape index (κ3) is 4.74. The van der Waals surface area contributed by atoms with Gasteiger partial charge in [-0.05, 0) is 31.2 Å². The van der Waals surface area contributed by atoms with Crippen molar-refractivity contribution in [1.82, 2.24) is 15.1 Å². The van der Waals surface area contributed by atoms with E-state index in [-0.39, 0.29) is 18.0 Å². The lowest BCUT2D eigenvalue weighted by Crippen LogP contribution is -2.47. The summed E-state index contributed by atoms with van der Waals surface area (Å²) in [6.07, 6.45) is 2.45. The normalized spacial score (nSPS) is 16.1. The maximum atomic E-state index is 12.1. The fraction of sp³-hybridized carbons (Fsp3) is 0.600. The summed E-state index contributed by atoms with van der Waals surface area (Å²) in [6.45, 7) is 4.05. The van der Waals surface area contributed by atoms with E-state index in [2.05, 4.69) is 11.4 Å². The largest absolute Gasteiger partial charge is 0.341 e. The molecule has 2 heterocycles. The predicted molar refractivity (Wildman–Crippen MR) is 84.5 cm³/mol. The molecule has 1 aliphatic rings. The Bertz CT molecular complexity index is 475. The minimum atomic E-state index is -0.0781. The number of nitrogens with one attached hydrogen (secondary N) is 1. The zero-order valence-corrected chi connectivity index (χ0v) is 13.5. The molecular weight excluding hydrogens is 286 g/mol. The fourth-order valence-corrected chi connectivity index (χ4v) is 3.13. The SMILES string of the molecule is CC(CN1CCCC1=O)NC(=O)N(C)CCc1cccs1. The molecule has 0 saturated carbocycles. The van der Waals surface area contributed by atoms with Gasteiger partial charge in [0.25, 0.3) is 0 Å². The fourth-order valence-electron chi connectivity index (χ4n) is 2.43. The van der Waals surface area contributed by atoms with Gasteiger partial charge in [0.1, 0.15) is 0 Å². The molecule has 2 rings (SSSR count). The first-order valence-corrected chi connectivity index (χ1v) is 8.26. The van der Waals surface area contributed by atoms with Crippen molar-refractivity contribution >= 4 is 23.3 Å². The molecular formula is C15H23N3O2S. The van der Waals surface area contributed by atoms with Crippen molar-refractivity contribution in [2.75, 3.05) is 26.7 Å². The highest BCUT2D eigenvalue weighted by Gasteiger charge is 2.22. The van der Waals surface area contributed by atoms with Crippen LogP contribution in [0.25, 0.3) is 0 Å². The standard InChI is InChI=1S/C15H23N3O2S/c1-12(11-18-8-3-6-14(18)19)16-15(20)17(2)9-7-13-5-4-10-21-13/h4-5,10,12H,3,6-9,11H2,1-2H3,(H,16,20). The first-order chi connectivity index (χ1) is 10.1. The Hall–Kier alpha value is -1.56. The van der Waals surface area contributed by atoms with E-state index in [1.165, 1.54) is 4.88 Å². The molecule has 5 nitrogen and oxygen atoms in total. The molecule has 0 aromatic carbocycles. The number of likely N-dealkylation sites (N-methyl/N-ethyl adjacent to an activating group) is 1. The zero-order valence-electron chi connectivity index (χ0n) is 12.7. The van der Waals surface area contributed by atoms with Crippen LogP contribution in [0.2, 0.25) is 0 Å². The summed E-state index contributed by atoms with van der Waals surface area (Å²) in [5, 5.41) is 5.00. The molecule has 116 valence electrons. The van der Waals surface area contributed by atoms with Crippen LogP contribution in [0.1, 0.15) is 24.6 Å². The van der Waals surface area contributed by atoms with Crippen molar-refractivity contribution in [3.05, 3.63) is 22.4 Å². The molecule has 0 radical (unpaired) electrons. The number of hydrogen-bond acceptors (Lipinski definition) is 3. The predicted octanol–water partition coefficient (Wildman–Crippen LogP) is 1.94. The summed E-state index contributed by atoms with van der Waals surface area (Å²) in [4.78, 5) is 28.5. The van der Waals surface area contributed by atoms with E-state index in [1.807, 2.05) is 23.3 Å². The minimum absolute atomic E-state index is 0.0243. The second-order valence-electron chi connectivity index (χ2n) is 5.54. The van der Waals surface area contributed by atoms with E-state index in [1.54, 1.807) is 23.3 Å². The van der Waals surface area contributed by atoms with Gasteiger partial charge in [-0.2, -0.15) is 0 Å². The molecule has 0 spiro atoms. The number of carbonyl (C=O) groups is 2. The van der Waals surface area contributed by atoms with E-state index >= 15 is 0 Å². The molecule has 1 saturated heterocycles. The zero-order chi connectivity index (χ0) is 15.2. The van der Waals surface area contributed by atoms with Crippen LogP contribution in [0.3, 0.4) is 0 Å². The lowest BCUT2D eigenvalue weighted by Gasteiger charge is -2.24. The van der Waals surface area contributed by atoms with E-state index < -0.39 is 0 Å². The molecule has 1 N–H and O–H groups in total. The number of thiophene rings is 1.